The Morgan fingerprint density at radius 2 is 2.47 bits per heavy atom. The molecule has 1 aromatic heterocycles. The van der Waals surface area contributed by atoms with Crippen LogP contribution in [0.25, 0.3) is 0 Å². The minimum absolute atomic E-state index is 0.303. The summed E-state index contributed by atoms with van der Waals surface area (Å²) >= 11 is 3.60. The summed E-state index contributed by atoms with van der Waals surface area (Å²) in [5.41, 5.74) is 1.23. The highest BCUT2D eigenvalue weighted by Crippen LogP contribution is 2.34. The molecule has 1 aliphatic heterocycles. The zero-order chi connectivity index (χ0) is 12.4. The van der Waals surface area contributed by atoms with E-state index in [1.165, 1.54) is 5.69 Å². The number of aryl methyl sites for hydroxylation is 1. The summed E-state index contributed by atoms with van der Waals surface area (Å²) in [6.07, 6.45) is 3.35. The number of ether oxygens (including phenoxy) is 1. The molecule has 1 aromatic rings. The van der Waals surface area contributed by atoms with Crippen LogP contribution in [0, 0.1) is 5.92 Å². The molecule has 3 unspecified atom stereocenters. The third-order valence-corrected chi connectivity index (χ3v) is 4.05. The Kier molecular flexibility index (Phi) is 4.22. The van der Waals surface area contributed by atoms with Crippen molar-refractivity contribution in [3.8, 4) is 0 Å². The minimum Gasteiger partial charge on any atom is -0.378 e. The standard InChI is InChI=1S/C12H20BrN3O/c1-4-16-12(10(13)6-15-16)11(14-3)9-5-8(2)17-7-9/h6,8-9,11,14H,4-5,7H2,1-3H3. The Morgan fingerprint density at radius 1 is 1.71 bits per heavy atom. The summed E-state index contributed by atoms with van der Waals surface area (Å²) in [4.78, 5) is 0. The first kappa shape index (κ1) is 13.1. The molecular weight excluding hydrogens is 282 g/mol. The maximum Gasteiger partial charge on any atom is 0.0699 e. The third kappa shape index (κ3) is 2.56. The van der Waals surface area contributed by atoms with Crippen LogP contribution in [0.15, 0.2) is 10.7 Å². The van der Waals surface area contributed by atoms with Crippen LogP contribution in [-0.4, -0.2) is 29.5 Å². The van der Waals surface area contributed by atoms with Crippen LogP contribution in [0.1, 0.15) is 32.0 Å². The van der Waals surface area contributed by atoms with Crippen molar-refractivity contribution >= 4 is 15.9 Å². The molecule has 0 aromatic carbocycles. The molecule has 0 amide bonds. The van der Waals surface area contributed by atoms with Gasteiger partial charge in [-0.3, -0.25) is 4.68 Å². The first-order valence-corrected chi connectivity index (χ1v) is 6.96. The predicted molar refractivity (Wildman–Crippen MR) is 70.9 cm³/mol. The predicted octanol–water partition coefficient (Wildman–Crippen LogP) is 2.35. The van der Waals surface area contributed by atoms with E-state index in [2.05, 4.69) is 40.2 Å². The molecule has 4 nitrogen and oxygen atoms in total. The van der Waals surface area contributed by atoms with E-state index in [1.807, 2.05) is 17.9 Å². The Morgan fingerprint density at radius 3 is 3.00 bits per heavy atom. The average Bonchev–Trinajstić information content (AvgIpc) is 2.89. The van der Waals surface area contributed by atoms with Crippen molar-refractivity contribution in [3.63, 3.8) is 0 Å². The Bertz CT molecular complexity index is 380. The molecule has 1 aliphatic rings. The second-order valence-electron chi connectivity index (χ2n) is 4.60. The van der Waals surface area contributed by atoms with E-state index in [9.17, 15) is 0 Å². The zero-order valence-corrected chi connectivity index (χ0v) is 12.2. The van der Waals surface area contributed by atoms with Crippen LogP contribution in [-0.2, 0) is 11.3 Å². The normalized spacial score (nSPS) is 26.4. The maximum atomic E-state index is 5.67. The number of rotatable bonds is 4. The molecule has 2 rings (SSSR count). The Labute approximate surface area is 111 Å². The molecule has 0 radical (unpaired) electrons. The molecule has 17 heavy (non-hydrogen) atoms. The van der Waals surface area contributed by atoms with Gasteiger partial charge in [0.05, 0.1) is 35.1 Å². The highest BCUT2D eigenvalue weighted by atomic mass is 79.9. The lowest BCUT2D eigenvalue weighted by atomic mass is 9.94. The van der Waals surface area contributed by atoms with E-state index in [0.717, 1.165) is 24.0 Å². The summed E-state index contributed by atoms with van der Waals surface area (Å²) in [5.74, 6) is 0.522. The summed E-state index contributed by atoms with van der Waals surface area (Å²) in [6.45, 7) is 5.97. The van der Waals surface area contributed by atoms with Crippen molar-refractivity contribution in [2.45, 2.75) is 39.0 Å². The number of nitrogens with zero attached hydrogens (tertiary/aromatic N) is 2. The number of nitrogens with one attached hydrogen (secondary N) is 1. The van der Waals surface area contributed by atoms with Crippen molar-refractivity contribution in [3.05, 3.63) is 16.4 Å². The van der Waals surface area contributed by atoms with Gasteiger partial charge in [-0.1, -0.05) is 0 Å². The van der Waals surface area contributed by atoms with E-state index in [4.69, 9.17) is 4.74 Å². The van der Waals surface area contributed by atoms with Gasteiger partial charge in [0.25, 0.3) is 0 Å². The number of halogens is 1. The summed E-state index contributed by atoms with van der Waals surface area (Å²) in [7, 11) is 2.01. The molecule has 1 saturated heterocycles. The van der Waals surface area contributed by atoms with Crippen molar-refractivity contribution in [1.82, 2.24) is 15.1 Å². The van der Waals surface area contributed by atoms with Crippen LogP contribution in [0.2, 0.25) is 0 Å². The van der Waals surface area contributed by atoms with Crippen molar-refractivity contribution in [2.24, 2.45) is 5.92 Å². The summed E-state index contributed by atoms with van der Waals surface area (Å²) < 4.78 is 8.81. The van der Waals surface area contributed by atoms with E-state index in [-0.39, 0.29) is 0 Å². The SMILES string of the molecule is CCn1ncc(Br)c1C(NC)C1COC(C)C1. The fourth-order valence-corrected chi connectivity index (χ4v) is 3.15. The van der Waals surface area contributed by atoms with Gasteiger partial charge in [0.2, 0.25) is 0 Å². The molecule has 1 fully saturated rings. The second-order valence-corrected chi connectivity index (χ2v) is 5.45. The average molecular weight is 302 g/mol. The third-order valence-electron chi connectivity index (χ3n) is 3.44. The second kappa shape index (κ2) is 5.50. The van der Waals surface area contributed by atoms with Crippen LogP contribution in [0.3, 0.4) is 0 Å². The van der Waals surface area contributed by atoms with Crippen molar-refractivity contribution < 1.29 is 4.74 Å². The van der Waals surface area contributed by atoms with E-state index < -0.39 is 0 Å². The number of hydrogen-bond acceptors (Lipinski definition) is 3. The first-order valence-electron chi connectivity index (χ1n) is 6.17. The highest BCUT2D eigenvalue weighted by molar-refractivity contribution is 9.10. The molecule has 3 atom stereocenters. The fourth-order valence-electron chi connectivity index (χ4n) is 2.61. The van der Waals surface area contributed by atoms with E-state index >= 15 is 0 Å². The Balaban J connectivity index is 2.25. The molecule has 96 valence electrons. The lowest BCUT2D eigenvalue weighted by Crippen LogP contribution is -2.28. The monoisotopic (exact) mass is 301 g/mol. The molecule has 0 spiro atoms. The van der Waals surface area contributed by atoms with Crippen LogP contribution >= 0.6 is 15.9 Å². The number of aromatic nitrogens is 2. The van der Waals surface area contributed by atoms with Gasteiger partial charge >= 0.3 is 0 Å². The summed E-state index contributed by atoms with van der Waals surface area (Å²) in [6, 6.07) is 0.303. The topological polar surface area (TPSA) is 39.1 Å². The largest absolute Gasteiger partial charge is 0.378 e. The maximum absolute atomic E-state index is 5.67. The Hall–Kier alpha value is -0.390. The summed E-state index contributed by atoms with van der Waals surface area (Å²) in [5, 5.41) is 7.79. The van der Waals surface area contributed by atoms with Crippen molar-refractivity contribution in [2.75, 3.05) is 13.7 Å². The van der Waals surface area contributed by atoms with E-state index in [1.54, 1.807) is 0 Å². The van der Waals surface area contributed by atoms with Crippen molar-refractivity contribution in [1.29, 1.82) is 0 Å². The van der Waals surface area contributed by atoms with Gasteiger partial charge in [0.1, 0.15) is 0 Å². The van der Waals surface area contributed by atoms with Crippen LogP contribution < -0.4 is 5.32 Å². The molecule has 0 bridgehead atoms. The van der Waals surface area contributed by atoms with Gasteiger partial charge in [0, 0.05) is 12.5 Å². The quantitative estimate of drug-likeness (QED) is 0.928. The first-order chi connectivity index (χ1) is 8.17. The van der Waals surface area contributed by atoms with Gasteiger partial charge in [-0.05, 0) is 43.2 Å². The van der Waals surface area contributed by atoms with Gasteiger partial charge in [0.15, 0.2) is 0 Å². The van der Waals surface area contributed by atoms with Crippen LogP contribution in [0.4, 0.5) is 0 Å². The molecule has 0 saturated carbocycles. The lowest BCUT2D eigenvalue weighted by molar-refractivity contribution is 0.116. The minimum atomic E-state index is 0.303. The zero-order valence-electron chi connectivity index (χ0n) is 10.6. The van der Waals surface area contributed by atoms with Gasteiger partial charge in [-0.25, -0.2) is 0 Å². The van der Waals surface area contributed by atoms with Gasteiger partial charge in [-0.2, -0.15) is 5.10 Å². The molecule has 5 heteroatoms. The fraction of sp³-hybridized carbons (Fsp3) is 0.750. The molecule has 1 N–H and O–H groups in total. The molecular formula is C12H20BrN3O. The molecule has 2 heterocycles. The number of hydrogen-bond donors (Lipinski definition) is 1. The van der Waals surface area contributed by atoms with Gasteiger partial charge < -0.3 is 10.1 Å². The lowest BCUT2D eigenvalue weighted by Gasteiger charge is -2.23. The smallest absolute Gasteiger partial charge is 0.0699 e. The van der Waals surface area contributed by atoms with E-state index in [0.29, 0.717) is 18.1 Å². The van der Waals surface area contributed by atoms with Gasteiger partial charge in [-0.15, -0.1) is 0 Å². The van der Waals surface area contributed by atoms with Crippen LogP contribution in [0.5, 0.6) is 0 Å². The molecule has 0 aliphatic carbocycles. The highest BCUT2D eigenvalue weighted by Gasteiger charge is 2.32.